The van der Waals surface area contributed by atoms with Gasteiger partial charge in [0, 0.05) is 35.3 Å². The summed E-state index contributed by atoms with van der Waals surface area (Å²) in [6, 6.07) is 12.1. The number of aliphatic hydroxyl groups is 1. The van der Waals surface area contributed by atoms with Gasteiger partial charge in [-0.1, -0.05) is 6.07 Å². The molecule has 0 spiro atoms. The highest BCUT2D eigenvalue weighted by Crippen LogP contribution is 2.27. The van der Waals surface area contributed by atoms with Crippen molar-refractivity contribution in [1.82, 2.24) is 5.32 Å². The van der Waals surface area contributed by atoms with Gasteiger partial charge in [-0.05, 0) is 48.2 Å². The Kier molecular flexibility index (Phi) is 6.15. The molecule has 1 atom stereocenters. The summed E-state index contributed by atoms with van der Waals surface area (Å²) < 4.78 is 5.62. The molecule has 4 rings (SSSR count). The van der Waals surface area contributed by atoms with E-state index in [-0.39, 0.29) is 12.5 Å². The number of anilines is 2. The van der Waals surface area contributed by atoms with Crippen molar-refractivity contribution in [1.29, 1.82) is 0 Å². The summed E-state index contributed by atoms with van der Waals surface area (Å²) in [5, 5.41) is 19.0. The first kappa shape index (κ1) is 20.8. The van der Waals surface area contributed by atoms with E-state index in [2.05, 4.69) is 10.6 Å². The largest absolute Gasteiger partial charge is 0.458 e. The van der Waals surface area contributed by atoms with Crippen molar-refractivity contribution < 1.29 is 23.9 Å². The lowest BCUT2D eigenvalue weighted by Crippen LogP contribution is -2.37. The second kappa shape index (κ2) is 9.15. The Morgan fingerprint density at radius 1 is 1.19 bits per heavy atom. The molecule has 3 amide bonds. The molecule has 0 unspecified atom stereocenters. The van der Waals surface area contributed by atoms with Crippen LogP contribution in [-0.2, 0) is 14.4 Å². The van der Waals surface area contributed by atoms with Crippen LogP contribution in [0.3, 0.4) is 0 Å². The molecule has 9 heteroatoms. The van der Waals surface area contributed by atoms with Gasteiger partial charge in [0.2, 0.25) is 5.91 Å². The lowest BCUT2D eigenvalue weighted by atomic mass is 10.2. The van der Waals surface area contributed by atoms with Crippen LogP contribution in [0.15, 0.2) is 57.6 Å². The highest BCUT2D eigenvalue weighted by atomic mass is 32.1. The lowest BCUT2D eigenvalue weighted by Gasteiger charge is -2.16. The fraction of sp³-hybridized carbons (Fsp3) is 0.227. The van der Waals surface area contributed by atoms with Crippen molar-refractivity contribution in [2.75, 3.05) is 23.3 Å². The van der Waals surface area contributed by atoms with Crippen LogP contribution in [-0.4, -0.2) is 35.9 Å². The number of nitrogens with zero attached hydrogens (tertiary/aromatic N) is 1. The topological polar surface area (TPSA) is 112 Å². The Labute approximate surface area is 182 Å². The molecule has 8 nitrogen and oxygen atoms in total. The Hall–Kier alpha value is -3.43. The van der Waals surface area contributed by atoms with Gasteiger partial charge in [-0.15, -0.1) is 0 Å². The molecule has 1 saturated heterocycles. The Balaban J connectivity index is 1.31. The molecule has 160 valence electrons. The second-order valence-electron chi connectivity index (χ2n) is 7.09. The van der Waals surface area contributed by atoms with Crippen LogP contribution < -0.4 is 15.5 Å². The second-order valence-corrected chi connectivity index (χ2v) is 7.87. The molecule has 2 aromatic heterocycles. The minimum atomic E-state index is -1.09. The number of rotatable bonds is 6. The molecule has 3 aromatic rings. The van der Waals surface area contributed by atoms with Gasteiger partial charge in [-0.2, -0.15) is 11.3 Å². The van der Waals surface area contributed by atoms with Crippen LogP contribution in [0.25, 0.3) is 11.3 Å². The third-order valence-electron chi connectivity index (χ3n) is 4.91. The van der Waals surface area contributed by atoms with Crippen molar-refractivity contribution in [3.63, 3.8) is 0 Å². The smallest absolute Gasteiger partial charge is 0.313 e. The van der Waals surface area contributed by atoms with Gasteiger partial charge >= 0.3 is 11.8 Å². The molecule has 1 aliphatic heterocycles. The number of carbonyl (C=O) groups excluding carboxylic acids is 3. The molecule has 31 heavy (non-hydrogen) atoms. The van der Waals surface area contributed by atoms with Crippen LogP contribution in [0, 0.1) is 0 Å². The predicted octanol–water partition coefficient (Wildman–Crippen LogP) is 2.92. The quantitative estimate of drug-likeness (QED) is 0.512. The standard InChI is InChI=1S/C22H21N3O5S/c26-17(19-7-6-18(30-19)14-8-10-31-13-14)12-23-21(28)22(29)24-15-3-1-4-16(11-15)25-9-2-5-20(25)27/h1,3-4,6-8,10-11,13,17,26H,2,5,9,12H2,(H,23,28)(H,24,29)/t17-/m1/s1. The van der Waals surface area contributed by atoms with E-state index in [9.17, 15) is 19.5 Å². The first-order valence-electron chi connectivity index (χ1n) is 9.81. The molecular weight excluding hydrogens is 418 g/mol. The molecule has 0 bridgehead atoms. The maximum absolute atomic E-state index is 12.2. The number of benzene rings is 1. The number of furan rings is 1. The molecule has 1 fully saturated rings. The predicted molar refractivity (Wildman–Crippen MR) is 117 cm³/mol. The van der Waals surface area contributed by atoms with Crippen molar-refractivity contribution >= 4 is 40.4 Å². The SMILES string of the molecule is O=C(NC[C@@H](O)c1ccc(-c2ccsc2)o1)C(=O)Nc1cccc(N2CCCC2=O)c1. The van der Waals surface area contributed by atoms with Gasteiger partial charge in [-0.25, -0.2) is 0 Å². The zero-order chi connectivity index (χ0) is 21.8. The summed E-state index contributed by atoms with van der Waals surface area (Å²) in [6.07, 6.45) is 0.213. The third kappa shape index (κ3) is 4.84. The first-order valence-corrected chi connectivity index (χ1v) is 10.8. The summed E-state index contributed by atoms with van der Waals surface area (Å²) in [5.74, 6) is -0.794. The van der Waals surface area contributed by atoms with E-state index in [0.29, 0.717) is 35.9 Å². The first-order chi connectivity index (χ1) is 15.0. The molecule has 0 radical (unpaired) electrons. The number of aliphatic hydroxyl groups excluding tert-OH is 1. The van der Waals surface area contributed by atoms with E-state index in [1.54, 1.807) is 41.3 Å². The van der Waals surface area contributed by atoms with Crippen LogP contribution in [0.2, 0.25) is 0 Å². The van der Waals surface area contributed by atoms with Crippen LogP contribution >= 0.6 is 11.3 Å². The van der Waals surface area contributed by atoms with Gasteiger partial charge in [0.1, 0.15) is 17.6 Å². The van der Waals surface area contributed by atoms with E-state index in [0.717, 1.165) is 12.0 Å². The van der Waals surface area contributed by atoms with Crippen molar-refractivity contribution in [2.45, 2.75) is 18.9 Å². The number of nitrogens with one attached hydrogen (secondary N) is 2. The minimum Gasteiger partial charge on any atom is -0.458 e. The van der Waals surface area contributed by atoms with E-state index < -0.39 is 17.9 Å². The number of hydrogen-bond donors (Lipinski definition) is 3. The molecule has 1 aliphatic rings. The zero-order valence-electron chi connectivity index (χ0n) is 16.5. The third-order valence-corrected chi connectivity index (χ3v) is 5.60. The number of thiophene rings is 1. The molecule has 3 heterocycles. The fourth-order valence-electron chi connectivity index (χ4n) is 3.32. The zero-order valence-corrected chi connectivity index (χ0v) is 17.4. The van der Waals surface area contributed by atoms with Crippen LogP contribution in [0.4, 0.5) is 11.4 Å². The minimum absolute atomic E-state index is 0.0373. The van der Waals surface area contributed by atoms with Crippen LogP contribution in [0.1, 0.15) is 24.7 Å². The average molecular weight is 439 g/mol. The van der Waals surface area contributed by atoms with Gasteiger partial charge in [0.25, 0.3) is 0 Å². The van der Waals surface area contributed by atoms with E-state index >= 15 is 0 Å². The van der Waals surface area contributed by atoms with Crippen LogP contribution in [0.5, 0.6) is 0 Å². The van der Waals surface area contributed by atoms with E-state index in [4.69, 9.17) is 4.42 Å². The monoisotopic (exact) mass is 439 g/mol. The van der Waals surface area contributed by atoms with Gasteiger partial charge < -0.3 is 25.1 Å². The lowest BCUT2D eigenvalue weighted by molar-refractivity contribution is -0.136. The van der Waals surface area contributed by atoms with Gasteiger partial charge in [-0.3, -0.25) is 14.4 Å². The number of hydrogen-bond acceptors (Lipinski definition) is 6. The normalized spacial score (nSPS) is 14.5. The summed E-state index contributed by atoms with van der Waals surface area (Å²) in [7, 11) is 0. The van der Waals surface area contributed by atoms with Crippen molar-refractivity contribution in [2.24, 2.45) is 0 Å². The summed E-state index contributed by atoms with van der Waals surface area (Å²) in [4.78, 5) is 37.9. The van der Waals surface area contributed by atoms with Crippen molar-refractivity contribution in [3.05, 3.63) is 59.0 Å². The van der Waals surface area contributed by atoms with Crippen molar-refractivity contribution in [3.8, 4) is 11.3 Å². The molecule has 1 aromatic carbocycles. The summed E-state index contributed by atoms with van der Waals surface area (Å²) in [5.41, 5.74) is 1.99. The highest BCUT2D eigenvalue weighted by molar-refractivity contribution is 7.08. The average Bonchev–Trinajstić information content (AvgIpc) is 3.52. The van der Waals surface area contributed by atoms with E-state index in [1.165, 1.54) is 11.3 Å². The Morgan fingerprint density at radius 3 is 2.81 bits per heavy atom. The summed E-state index contributed by atoms with van der Waals surface area (Å²) >= 11 is 1.53. The molecule has 0 aliphatic carbocycles. The number of amides is 3. The Morgan fingerprint density at radius 2 is 2.06 bits per heavy atom. The highest BCUT2D eigenvalue weighted by Gasteiger charge is 2.22. The number of carbonyl (C=O) groups is 3. The van der Waals surface area contributed by atoms with Gasteiger partial charge in [0.05, 0.1) is 6.54 Å². The Bertz CT molecular complexity index is 1090. The van der Waals surface area contributed by atoms with Gasteiger partial charge in [0.15, 0.2) is 0 Å². The molecule has 3 N–H and O–H groups in total. The maximum atomic E-state index is 12.2. The fourth-order valence-corrected chi connectivity index (χ4v) is 3.97. The van der Waals surface area contributed by atoms with E-state index in [1.807, 2.05) is 16.8 Å². The maximum Gasteiger partial charge on any atom is 0.313 e. The summed E-state index contributed by atoms with van der Waals surface area (Å²) in [6.45, 7) is 0.459. The molecule has 0 saturated carbocycles. The molecular formula is C22H21N3O5S.